The van der Waals surface area contributed by atoms with E-state index in [2.05, 4.69) is 12.2 Å². The lowest BCUT2D eigenvalue weighted by Crippen LogP contribution is -2.50. The average molecular weight is 339 g/mol. The Balaban J connectivity index is 1.87. The van der Waals surface area contributed by atoms with Crippen molar-refractivity contribution < 1.29 is 9.53 Å². The van der Waals surface area contributed by atoms with E-state index < -0.39 is 0 Å². The molecule has 2 rings (SSSR count). The molecule has 0 saturated carbocycles. The van der Waals surface area contributed by atoms with Gasteiger partial charge in [0.05, 0.1) is 12.1 Å². The number of halogens is 1. The minimum atomic E-state index is 0.0770. The highest BCUT2D eigenvalue weighted by Gasteiger charge is 2.29. The summed E-state index contributed by atoms with van der Waals surface area (Å²) in [5.41, 5.74) is 1.14. The molecule has 1 N–H and O–H groups in total. The molecule has 1 aliphatic heterocycles. The molecular formula is C18H27ClN2O2. The third kappa shape index (κ3) is 4.61. The van der Waals surface area contributed by atoms with Crippen LogP contribution in [0, 0.1) is 11.8 Å². The van der Waals surface area contributed by atoms with Gasteiger partial charge in [0.2, 0.25) is 5.91 Å². The molecule has 0 radical (unpaired) electrons. The molecule has 2 atom stereocenters. The molecule has 1 saturated heterocycles. The molecule has 1 aliphatic rings. The molecule has 0 aromatic heterocycles. The number of hydrogen-bond acceptors (Lipinski definition) is 3. The molecule has 4 nitrogen and oxygen atoms in total. The van der Waals surface area contributed by atoms with E-state index in [9.17, 15) is 4.79 Å². The zero-order valence-corrected chi connectivity index (χ0v) is 15.2. The van der Waals surface area contributed by atoms with Gasteiger partial charge in [-0.15, -0.1) is 0 Å². The van der Waals surface area contributed by atoms with Crippen LogP contribution in [0.5, 0.6) is 5.75 Å². The molecule has 0 bridgehead atoms. The van der Waals surface area contributed by atoms with Gasteiger partial charge in [-0.3, -0.25) is 4.79 Å². The Morgan fingerprint density at radius 3 is 2.78 bits per heavy atom. The quantitative estimate of drug-likeness (QED) is 0.895. The van der Waals surface area contributed by atoms with E-state index >= 15 is 0 Å². The van der Waals surface area contributed by atoms with Gasteiger partial charge in [-0.1, -0.05) is 38.4 Å². The summed E-state index contributed by atoms with van der Waals surface area (Å²) < 4.78 is 5.18. The Bertz CT molecular complexity index is 548. The molecule has 5 heteroatoms. The smallest absolute Gasteiger partial charge is 0.225 e. The fourth-order valence-corrected chi connectivity index (χ4v) is 3.36. The van der Waals surface area contributed by atoms with Gasteiger partial charge in [-0.2, -0.15) is 0 Å². The summed E-state index contributed by atoms with van der Waals surface area (Å²) in [6.07, 6.45) is 0.990. The molecule has 1 fully saturated rings. The first-order valence-electron chi connectivity index (χ1n) is 8.27. The van der Waals surface area contributed by atoms with Crippen LogP contribution in [-0.2, 0) is 11.3 Å². The van der Waals surface area contributed by atoms with Crippen LogP contribution in [0.2, 0.25) is 5.02 Å². The second-order valence-corrected chi connectivity index (χ2v) is 7.07. The number of rotatable bonds is 5. The minimum Gasteiger partial charge on any atom is -0.495 e. The number of nitrogens with zero attached hydrogens (tertiary/aromatic N) is 1. The lowest BCUT2D eigenvalue weighted by molar-refractivity contribution is -0.136. The largest absolute Gasteiger partial charge is 0.495 e. The fraction of sp³-hybridized carbons (Fsp3) is 0.611. The summed E-state index contributed by atoms with van der Waals surface area (Å²) in [5.74, 6) is 1.48. The maximum absolute atomic E-state index is 12.1. The Morgan fingerprint density at radius 1 is 1.48 bits per heavy atom. The summed E-state index contributed by atoms with van der Waals surface area (Å²) in [4.78, 5) is 14.1. The number of benzene rings is 1. The fourth-order valence-electron chi connectivity index (χ4n) is 3.08. The van der Waals surface area contributed by atoms with Crippen molar-refractivity contribution in [1.29, 1.82) is 0 Å². The summed E-state index contributed by atoms with van der Waals surface area (Å²) in [6.45, 7) is 8.57. The van der Waals surface area contributed by atoms with Crippen molar-refractivity contribution >= 4 is 17.5 Å². The lowest BCUT2D eigenvalue weighted by Gasteiger charge is -2.38. The molecule has 128 valence electrons. The minimum absolute atomic E-state index is 0.0770. The predicted molar refractivity (Wildman–Crippen MR) is 93.8 cm³/mol. The van der Waals surface area contributed by atoms with Crippen molar-refractivity contribution in [2.24, 2.45) is 11.8 Å². The van der Waals surface area contributed by atoms with Crippen molar-refractivity contribution in [1.82, 2.24) is 10.2 Å². The average Bonchev–Trinajstić information content (AvgIpc) is 2.53. The summed E-state index contributed by atoms with van der Waals surface area (Å²) in [5, 5.41) is 4.24. The predicted octanol–water partition coefficient (Wildman–Crippen LogP) is 3.33. The molecule has 1 amide bonds. The first-order valence-corrected chi connectivity index (χ1v) is 8.64. The zero-order valence-electron chi connectivity index (χ0n) is 14.4. The Kier molecular flexibility index (Phi) is 6.31. The Morgan fingerprint density at radius 2 is 2.22 bits per heavy atom. The summed E-state index contributed by atoms with van der Waals surface area (Å²) in [7, 11) is 1.62. The molecule has 23 heavy (non-hydrogen) atoms. The van der Waals surface area contributed by atoms with Crippen molar-refractivity contribution in [3.05, 3.63) is 28.8 Å². The van der Waals surface area contributed by atoms with Gasteiger partial charge in [0.1, 0.15) is 5.75 Å². The topological polar surface area (TPSA) is 41.6 Å². The number of likely N-dealkylation sites (tertiary alicyclic amines) is 1. The van der Waals surface area contributed by atoms with Crippen LogP contribution in [0.25, 0.3) is 0 Å². The molecule has 0 spiro atoms. The standard InChI is InChI=1S/C18H27ClN2O2/c1-12(2)18(22)21-8-7-16(13(3)11-21)20-10-14-5-6-17(23-4)15(19)9-14/h5-6,9,12-13,16,20H,7-8,10-11H2,1-4H3/t13-,16-/m0/s1. The first kappa shape index (κ1) is 18.1. The molecule has 0 aliphatic carbocycles. The lowest BCUT2D eigenvalue weighted by atomic mass is 9.93. The molecule has 1 heterocycles. The van der Waals surface area contributed by atoms with Crippen LogP contribution in [0.1, 0.15) is 32.8 Å². The van der Waals surface area contributed by atoms with E-state index in [1.165, 1.54) is 0 Å². The number of carbonyl (C=O) groups excluding carboxylic acids is 1. The third-order valence-electron chi connectivity index (χ3n) is 4.50. The van der Waals surface area contributed by atoms with E-state index in [4.69, 9.17) is 16.3 Å². The van der Waals surface area contributed by atoms with E-state index in [1.807, 2.05) is 36.9 Å². The maximum atomic E-state index is 12.1. The number of amides is 1. The number of methoxy groups -OCH3 is 1. The van der Waals surface area contributed by atoms with Gasteiger partial charge in [-0.25, -0.2) is 0 Å². The van der Waals surface area contributed by atoms with Gasteiger partial charge in [0.25, 0.3) is 0 Å². The summed E-state index contributed by atoms with van der Waals surface area (Å²) in [6, 6.07) is 6.29. The van der Waals surface area contributed by atoms with Crippen LogP contribution in [-0.4, -0.2) is 37.0 Å². The van der Waals surface area contributed by atoms with Crippen molar-refractivity contribution in [2.45, 2.75) is 39.8 Å². The highest BCUT2D eigenvalue weighted by Crippen LogP contribution is 2.25. The zero-order chi connectivity index (χ0) is 17.0. The first-order chi connectivity index (χ1) is 10.9. The van der Waals surface area contributed by atoms with E-state index in [-0.39, 0.29) is 11.8 Å². The highest BCUT2D eigenvalue weighted by molar-refractivity contribution is 6.32. The van der Waals surface area contributed by atoms with Crippen molar-refractivity contribution in [3.8, 4) is 5.75 Å². The third-order valence-corrected chi connectivity index (χ3v) is 4.79. The van der Waals surface area contributed by atoms with Crippen LogP contribution in [0.3, 0.4) is 0 Å². The number of carbonyl (C=O) groups is 1. The monoisotopic (exact) mass is 338 g/mol. The molecule has 1 aromatic carbocycles. The molecule has 1 aromatic rings. The second-order valence-electron chi connectivity index (χ2n) is 6.66. The van der Waals surface area contributed by atoms with Crippen LogP contribution in [0.4, 0.5) is 0 Å². The number of nitrogens with one attached hydrogen (secondary N) is 1. The number of hydrogen-bond donors (Lipinski definition) is 1. The Labute approximate surface area is 144 Å². The van der Waals surface area contributed by atoms with E-state index in [1.54, 1.807) is 7.11 Å². The van der Waals surface area contributed by atoms with Gasteiger partial charge < -0.3 is 15.0 Å². The number of ether oxygens (including phenoxy) is 1. The number of piperidine rings is 1. The van der Waals surface area contributed by atoms with Gasteiger partial charge >= 0.3 is 0 Å². The summed E-state index contributed by atoms with van der Waals surface area (Å²) >= 11 is 6.17. The maximum Gasteiger partial charge on any atom is 0.225 e. The van der Waals surface area contributed by atoms with Crippen LogP contribution >= 0.6 is 11.6 Å². The van der Waals surface area contributed by atoms with E-state index in [0.717, 1.165) is 31.6 Å². The van der Waals surface area contributed by atoms with Gasteiger partial charge in [-0.05, 0) is 30.0 Å². The molecule has 0 unspecified atom stereocenters. The SMILES string of the molecule is COc1ccc(CN[C@H]2CCN(C(=O)C(C)C)C[C@@H]2C)cc1Cl. The molecular weight excluding hydrogens is 312 g/mol. The van der Waals surface area contributed by atoms with Crippen molar-refractivity contribution in [2.75, 3.05) is 20.2 Å². The van der Waals surface area contributed by atoms with Gasteiger partial charge in [0, 0.05) is 31.6 Å². The second kappa shape index (κ2) is 8.02. The van der Waals surface area contributed by atoms with Gasteiger partial charge in [0.15, 0.2) is 0 Å². The van der Waals surface area contributed by atoms with Crippen molar-refractivity contribution in [3.63, 3.8) is 0 Å². The normalized spacial score (nSPS) is 21.6. The van der Waals surface area contributed by atoms with Crippen LogP contribution in [0.15, 0.2) is 18.2 Å². The Hall–Kier alpha value is -1.26. The van der Waals surface area contributed by atoms with Crippen LogP contribution < -0.4 is 10.1 Å². The highest BCUT2D eigenvalue weighted by atomic mass is 35.5. The van der Waals surface area contributed by atoms with E-state index in [0.29, 0.717) is 22.7 Å².